The number of ether oxygens (including phenoxy) is 3. The second kappa shape index (κ2) is 16.5. The molecule has 2 heterocycles. The van der Waals surface area contributed by atoms with E-state index in [0.29, 0.717) is 30.9 Å². The summed E-state index contributed by atoms with van der Waals surface area (Å²) in [4.78, 5) is 15.9. The van der Waals surface area contributed by atoms with E-state index in [1.54, 1.807) is 42.6 Å². The molecule has 0 saturated heterocycles. The van der Waals surface area contributed by atoms with Gasteiger partial charge in [-0.05, 0) is 87.0 Å². The third kappa shape index (κ3) is 9.27. The number of likely N-dealkylation sites (N-methyl/N-ethyl adjacent to an activating group) is 1. The predicted molar refractivity (Wildman–Crippen MR) is 185 cm³/mol. The molecule has 264 valence electrons. The van der Waals surface area contributed by atoms with Crippen LogP contribution in [0.3, 0.4) is 0 Å². The fraction of sp³-hybridized carbons (Fsp3) is 0.485. The van der Waals surface area contributed by atoms with Crippen LogP contribution in [0, 0.1) is 5.92 Å². The number of benzene rings is 2. The number of anilines is 1. The molecule has 0 spiro atoms. The first kappa shape index (κ1) is 37.6. The number of sulfonamides is 2. The van der Waals surface area contributed by atoms with Crippen LogP contribution in [0.4, 0.5) is 5.69 Å². The molecule has 4 atom stereocenters. The summed E-state index contributed by atoms with van der Waals surface area (Å²) in [7, 11) is -4.76. The molecule has 0 bridgehead atoms. The average molecular weight is 724 g/mol. The number of aliphatic hydroxyl groups is 1. The lowest BCUT2D eigenvalue weighted by Crippen LogP contribution is -2.48. The number of fused-ring (bicyclic) bond motifs is 1. The summed E-state index contributed by atoms with van der Waals surface area (Å²) in [5.74, 6) is -0.0128. The summed E-state index contributed by atoms with van der Waals surface area (Å²) >= 11 is 1.08. The van der Waals surface area contributed by atoms with Gasteiger partial charge >= 0.3 is 0 Å². The number of thiophene rings is 1. The second-order valence-corrected chi connectivity index (χ2v) is 16.9. The van der Waals surface area contributed by atoms with Crippen molar-refractivity contribution in [3.63, 3.8) is 0 Å². The van der Waals surface area contributed by atoms with Gasteiger partial charge in [0.1, 0.15) is 15.7 Å². The fourth-order valence-electron chi connectivity index (χ4n) is 5.35. The number of rotatable bonds is 10. The second-order valence-electron chi connectivity index (χ2n) is 12.0. The molecule has 1 aliphatic rings. The Morgan fingerprint density at radius 3 is 2.48 bits per heavy atom. The Morgan fingerprint density at radius 1 is 1.10 bits per heavy atom. The minimum atomic E-state index is -3.89. The van der Waals surface area contributed by atoms with Gasteiger partial charge < -0.3 is 24.2 Å². The van der Waals surface area contributed by atoms with Crippen LogP contribution >= 0.6 is 11.3 Å². The van der Waals surface area contributed by atoms with Crippen LogP contribution in [0.25, 0.3) is 0 Å². The maximum Gasteiger partial charge on any atom is 0.271 e. The Hall–Kier alpha value is -3.21. The molecule has 4 rings (SSSR count). The third-order valence-electron chi connectivity index (χ3n) is 8.27. The lowest BCUT2D eigenvalue weighted by molar-refractivity contribution is -0.00833. The van der Waals surface area contributed by atoms with E-state index in [2.05, 4.69) is 4.72 Å². The van der Waals surface area contributed by atoms with Crippen molar-refractivity contribution in [1.29, 1.82) is 0 Å². The lowest BCUT2D eigenvalue weighted by atomic mass is 10.0. The zero-order chi connectivity index (χ0) is 35.1. The van der Waals surface area contributed by atoms with Crippen molar-refractivity contribution in [2.45, 2.75) is 67.4 Å². The molecule has 1 amide bonds. The number of nitrogens with one attached hydrogen (secondary N) is 1. The smallest absolute Gasteiger partial charge is 0.271 e. The Kier molecular flexibility index (Phi) is 12.9. The highest BCUT2D eigenvalue weighted by atomic mass is 32.2. The minimum Gasteiger partial charge on any atom is -0.497 e. The maximum atomic E-state index is 14.3. The van der Waals surface area contributed by atoms with Crippen molar-refractivity contribution >= 4 is 43.0 Å². The van der Waals surface area contributed by atoms with E-state index in [1.807, 2.05) is 13.8 Å². The first-order chi connectivity index (χ1) is 22.8. The van der Waals surface area contributed by atoms with Crippen LogP contribution in [0.5, 0.6) is 11.5 Å². The number of hydrogen-bond acceptors (Lipinski definition) is 10. The molecule has 0 unspecified atom stereocenters. The summed E-state index contributed by atoms with van der Waals surface area (Å²) in [6.07, 6.45) is 1.26. The van der Waals surface area contributed by atoms with Gasteiger partial charge in [0.2, 0.25) is 10.0 Å². The Labute approximate surface area is 287 Å². The van der Waals surface area contributed by atoms with Crippen LogP contribution < -0.4 is 14.2 Å². The molecular weight excluding hydrogens is 679 g/mol. The van der Waals surface area contributed by atoms with Crippen molar-refractivity contribution < 1.29 is 40.9 Å². The van der Waals surface area contributed by atoms with Crippen molar-refractivity contribution in [2.24, 2.45) is 5.92 Å². The summed E-state index contributed by atoms with van der Waals surface area (Å²) in [5.41, 5.74) is 0.318. The summed E-state index contributed by atoms with van der Waals surface area (Å²) in [6, 6.07) is 13.2. The number of hydrogen-bond donors (Lipinski definition) is 2. The lowest BCUT2D eigenvalue weighted by Gasteiger charge is -2.35. The van der Waals surface area contributed by atoms with E-state index in [1.165, 1.54) is 47.6 Å². The van der Waals surface area contributed by atoms with Gasteiger partial charge in [-0.3, -0.25) is 9.52 Å². The fourth-order valence-corrected chi connectivity index (χ4v) is 8.58. The molecule has 15 heteroatoms. The van der Waals surface area contributed by atoms with Gasteiger partial charge in [0.15, 0.2) is 0 Å². The van der Waals surface area contributed by atoms with Crippen molar-refractivity contribution in [3.05, 3.63) is 65.5 Å². The quantitative estimate of drug-likeness (QED) is 0.304. The first-order valence-electron chi connectivity index (χ1n) is 15.8. The summed E-state index contributed by atoms with van der Waals surface area (Å²) in [6.45, 7) is 5.65. The zero-order valence-corrected chi connectivity index (χ0v) is 30.3. The van der Waals surface area contributed by atoms with Crippen molar-refractivity contribution in [1.82, 2.24) is 9.21 Å². The topological polar surface area (TPSA) is 152 Å². The molecule has 0 fully saturated rings. The van der Waals surface area contributed by atoms with E-state index in [4.69, 9.17) is 14.2 Å². The first-order valence-corrected chi connectivity index (χ1v) is 19.6. The number of carbonyl (C=O) groups is 1. The largest absolute Gasteiger partial charge is 0.497 e. The molecule has 3 aromatic rings. The van der Waals surface area contributed by atoms with Gasteiger partial charge in [-0.25, -0.2) is 16.8 Å². The normalized spacial score (nSPS) is 20.8. The minimum absolute atomic E-state index is 0.0236. The standard InChI is InChI=1S/C33H45N3O9S3/c1-23-20-36(24(2)22-37)33(38)29-19-26(34-47(39,40)32-10-8-18-46-32)11-16-30(29)45-25(3)9-6-7-17-44-31(23)21-35(4)48(41,42)28-14-12-27(43-5)13-15-28/h8,10-16,18-19,23-25,31,34,37H,6-7,9,17,20-22H2,1-5H3/t23-,24-,25+,31+/m0/s1. The van der Waals surface area contributed by atoms with Gasteiger partial charge in [0.05, 0.1) is 42.4 Å². The van der Waals surface area contributed by atoms with Crippen LogP contribution in [0.15, 0.2) is 69.1 Å². The molecule has 2 N–H and O–H groups in total. The average Bonchev–Trinajstić information content (AvgIpc) is 3.62. The highest BCUT2D eigenvalue weighted by molar-refractivity contribution is 7.94. The SMILES string of the molecule is COc1ccc(S(=O)(=O)N(C)C[C@H]2OCCCC[C@@H](C)Oc3ccc(NS(=O)(=O)c4cccs4)cc3C(=O)N([C@@H](C)CO)C[C@@H]2C)cc1. The van der Waals surface area contributed by atoms with Crippen molar-refractivity contribution in [3.8, 4) is 11.5 Å². The molecule has 12 nitrogen and oxygen atoms in total. The van der Waals surface area contributed by atoms with Gasteiger partial charge in [-0.15, -0.1) is 11.3 Å². The van der Waals surface area contributed by atoms with E-state index in [9.17, 15) is 26.7 Å². The monoisotopic (exact) mass is 723 g/mol. The maximum absolute atomic E-state index is 14.3. The van der Waals surface area contributed by atoms with Crippen LogP contribution in [0.2, 0.25) is 0 Å². The third-order valence-corrected chi connectivity index (χ3v) is 12.9. The molecule has 0 saturated carbocycles. The van der Waals surface area contributed by atoms with Gasteiger partial charge in [-0.2, -0.15) is 4.31 Å². The van der Waals surface area contributed by atoms with E-state index < -0.39 is 38.1 Å². The summed E-state index contributed by atoms with van der Waals surface area (Å²) in [5, 5.41) is 11.9. The van der Waals surface area contributed by atoms with Crippen molar-refractivity contribution in [2.75, 3.05) is 45.2 Å². The Bertz CT molecular complexity index is 1720. The molecule has 1 aliphatic heterocycles. The van der Waals surface area contributed by atoms with Gasteiger partial charge in [0.25, 0.3) is 15.9 Å². The highest BCUT2D eigenvalue weighted by Gasteiger charge is 2.32. The molecule has 0 aliphatic carbocycles. The number of carbonyl (C=O) groups excluding carboxylic acids is 1. The number of nitrogens with zero attached hydrogens (tertiary/aromatic N) is 2. The van der Waals surface area contributed by atoms with E-state index in [-0.39, 0.29) is 52.1 Å². The van der Waals surface area contributed by atoms with E-state index >= 15 is 0 Å². The van der Waals surface area contributed by atoms with Crippen LogP contribution in [0.1, 0.15) is 50.4 Å². The number of amides is 1. The Balaban J connectivity index is 1.66. The zero-order valence-electron chi connectivity index (χ0n) is 27.9. The van der Waals surface area contributed by atoms with Gasteiger partial charge in [-0.1, -0.05) is 13.0 Å². The summed E-state index contributed by atoms with van der Waals surface area (Å²) < 4.78 is 74.6. The molecule has 48 heavy (non-hydrogen) atoms. The Morgan fingerprint density at radius 2 is 1.83 bits per heavy atom. The van der Waals surface area contributed by atoms with E-state index in [0.717, 1.165) is 17.8 Å². The molecular formula is C33H45N3O9S3. The molecule has 0 radical (unpaired) electrons. The predicted octanol–water partition coefficient (Wildman–Crippen LogP) is 4.67. The molecule has 2 aromatic carbocycles. The van der Waals surface area contributed by atoms with Crippen LogP contribution in [-0.2, 0) is 24.8 Å². The molecule has 1 aromatic heterocycles. The highest BCUT2D eigenvalue weighted by Crippen LogP contribution is 2.30. The van der Waals surface area contributed by atoms with Gasteiger partial charge in [0, 0.05) is 38.3 Å². The number of aliphatic hydroxyl groups excluding tert-OH is 1. The van der Waals surface area contributed by atoms with Crippen LogP contribution in [-0.4, -0.2) is 95.8 Å². The number of methoxy groups -OCH3 is 1.